The van der Waals surface area contributed by atoms with E-state index in [2.05, 4.69) is 30.1 Å². The Labute approximate surface area is 248 Å². The fourth-order valence-corrected chi connectivity index (χ4v) is 5.43. The van der Waals surface area contributed by atoms with Gasteiger partial charge in [-0.05, 0) is 62.4 Å². The van der Waals surface area contributed by atoms with Crippen molar-refractivity contribution in [2.45, 2.75) is 39.8 Å². The zero-order chi connectivity index (χ0) is 30.6. The zero-order valence-electron chi connectivity index (χ0n) is 23.2. The Bertz CT molecular complexity index is 1770. The molecule has 0 spiro atoms. The molecular formula is C29H25ClF3N7O3. The smallest absolute Gasteiger partial charge is 0.387 e. The Morgan fingerprint density at radius 3 is 2.67 bits per heavy atom. The van der Waals surface area contributed by atoms with Crippen LogP contribution in [0.2, 0.25) is 5.02 Å². The number of pyridine rings is 1. The molecule has 0 radical (unpaired) electrons. The summed E-state index contributed by atoms with van der Waals surface area (Å²) in [7, 11) is 0. The molecule has 0 bridgehead atoms. The predicted molar refractivity (Wildman–Crippen MR) is 151 cm³/mol. The van der Waals surface area contributed by atoms with Crippen molar-refractivity contribution in [1.82, 2.24) is 24.7 Å². The summed E-state index contributed by atoms with van der Waals surface area (Å²) < 4.78 is 46.9. The summed E-state index contributed by atoms with van der Waals surface area (Å²) in [6.07, 6.45) is 6.91. The van der Waals surface area contributed by atoms with Gasteiger partial charge in [-0.3, -0.25) is 24.2 Å². The van der Waals surface area contributed by atoms with Gasteiger partial charge in [0.05, 0.1) is 46.1 Å². The fraction of sp³-hybridized carbons (Fsp3) is 0.310. The molecule has 4 heterocycles. The van der Waals surface area contributed by atoms with Gasteiger partial charge in [-0.15, -0.1) is 0 Å². The van der Waals surface area contributed by atoms with Crippen LogP contribution in [0.3, 0.4) is 0 Å². The molecule has 1 aliphatic carbocycles. The number of alkyl halides is 2. The summed E-state index contributed by atoms with van der Waals surface area (Å²) in [5.74, 6) is -0.821. The molecule has 222 valence electrons. The van der Waals surface area contributed by atoms with Crippen molar-refractivity contribution in [3.05, 3.63) is 76.3 Å². The van der Waals surface area contributed by atoms with Gasteiger partial charge >= 0.3 is 6.61 Å². The first-order valence-electron chi connectivity index (χ1n) is 13.4. The van der Waals surface area contributed by atoms with Crippen LogP contribution in [0.25, 0.3) is 11.3 Å². The molecule has 6 rings (SSSR count). The second kappa shape index (κ2) is 11.0. The van der Waals surface area contributed by atoms with Gasteiger partial charge in [0.2, 0.25) is 5.91 Å². The van der Waals surface area contributed by atoms with Gasteiger partial charge in [0, 0.05) is 24.9 Å². The van der Waals surface area contributed by atoms with E-state index in [1.54, 1.807) is 22.0 Å². The van der Waals surface area contributed by atoms with Gasteiger partial charge in [-0.2, -0.15) is 13.9 Å². The standard InChI is InChI=1S/C29H25ClF3N7O3/c1-13-6-16(8-35-26(13)39-11-17-7-19(17)28(39)42)15(3)40-12-18(9-36-40)37-27(41)25-14(2)34-10-21(38-25)23-22(43-29(32)33)5-4-20(30)24(23)31/h4-6,8-10,12,15,17,19,29H,7,11H2,1-3H3,(H,37,41)/t15-,17-,19-/m1/s1. The van der Waals surface area contributed by atoms with E-state index >= 15 is 0 Å². The molecule has 10 nitrogen and oxygen atoms in total. The number of halogens is 4. The summed E-state index contributed by atoms with van der Waals surface area (Å²) in [5, 5.41) is 6.72. The topological polar surface area (TPSA) is 115 Å². The fourth-order valence-electron chi connectivity index (χ4n) is 5.28. The van der Waals surface area contributed by atoms with Crippen LogP contribution in [0.5, 0.6) is 5.75 Å². The molecular weight excluding hydrogens is 587 g/mol. The monoisotopic (exact) mass is 611 g/mol. The van der Waals surface area contributed by atoms with E-state index in [0.29, 0.717) is 24.0 Å². The number of piperidine rings is 1. The van der Waals surface area contributed by atoms with Crippen LogP contribution in [-0.4, -0.2) is 49.7 Å². The first-order valence-corrected chi connectivity index (χ1v) is 13.8. The number of hydrogen-bond donors (Lipinski definition) is 1. The third-order valence-electron chi connectivity index (χ3n) is 7.69. The van der Waals surface area contributed by atoms with Crippen LogP contribution < -0.4 is 15.0 Å². The number of amides is 2. The number of ether oxygens (including phenoxy) is 1. The number of carbonyl (C=O) groups excluding carboxylic acids is 2. The van der Waals surface area contributed by atoms with E-state index in [4.69, 9.17) is 11.6 Å². The van der Waals surface area contributed by atoms with Crippen LogP contribution in [0.4, 0.5) is 24.7 Å². The number of fused-ring (bicyclic) bond motifs is 1. The molecule has 0 unspecified atom stereocenters. The van der Waals surface area contributed by atoms with E-state index in [1.807, 2.05) is 19.9 Å². The van der Waals surface area contributed by atoms with Crippen molar-refractivity contribution < 1.29 is 27.5 Å². The zero-order valence-corrected chi connectivity index (χ0v) is 23.9. The second-order valence-electron chi connectivity index (χ2n) is 10.6. The van der Waals surface area contributed by atoms with Gasteiger partial charge in [0.15, 0.2) is 5.82 Å². The van der Waals surface area contributed by atoms with Crippen LogP contribution in [0, 0.1) is 31.5 Å². The van der Waals surface area contributed by atoms with Crippen molar-refractivity contribution in [3.8, 4) is 17.0 Å². The highest BCUT2D eigenvalue weighted by atomic mass is 35.5. The van der Waals surface area contributed by atoms with E-state index < -0.39 is 29.6 Å². The lowest BCUT2D eigenvalue weighted by molar-refractivity contribution is -0.118. The molecule has 1 aliphatic heterocycles. The number of carbonyl (C=O) groups is 2. The number of aromatic nitrogens is 5. The van der Waals surface area contributed by atoms with Gasteiger partial charge in [-0.1, -0.05) is 11.6 Å². The first kappa shape index (κ1) is 28.6. The van der Waals surface area contributed by atoms with Crippen molar-refractivity contribution in [2.75, 3.05) is 16.8 Å². The summed E-state index contributed by atoms with van der Waals surface area (Å²) in [6, 6.07) is 3.88. The molecule has 1 saturated carbocycles. The quantitative estimate of drug-likeness (QED) is 0.276. The van der Waals surface area contributed by atoms with Crippen LogP contribution in [0.15, 0.2) is 43.0 Å². The largest absolute Gasteiger partial charge is 0.434 e. The third kappa shape index (κ3) is 5.40. The molecule has 43 heavy (non-hydrogen) atoms. The minimum Gasteiger partial charge on any atom is -0.434 e. The molecule has 4 aromatic rings. The summed E-state index contributed by atoms with van der Waals surface area (Å²) >= 11 is 5.87. The molecule has 14 heteroatoms. The second-order valence-corrected chi connectivity index (χ2v) is 11.0. The Kier molecular flexibility index (Phi) is 7.28. The average Bonchev–Trinajstić information content (AvgIpc) is 3.47. The number of hydrogen-bond acceptors (Lipinski definition) is 7. The lowest BCUT2D eigenvalue weighted by atomic mass is 10.1. The molecule has 3 atom stereocenters. The van der Waals surface area contributed by atoms with Gasteiger partial charge in [0.25, 0.3) is 5.91 Å². The SMILES string of the molecule is Cc1cc([C@@H](C)n2cc(NC(=O)c3nc(-c4c(OC(F)F)ccc(Cl)c4F)cnc3C)cn2)cnc1N1C[C@H]2C[C@H]2C1=O. The average molecular weight is 612 g/mol. The Morgan fingerprint density at radius 2 is 1.98 bits per heavy atom. The lowest BCUT2D eigenvalue weighted by Gasteiger charge is -2.21. The highest BCUT2D eigenvalue weighted by molar-refractivity contribution is 6.31. The summed E-state index contributed by atoms with van der Waals surface area (Å²) in [6.45, 7) is 2.85. The molecule has 2 amide bonds. The van der Waals surface area contributed by atoms with Crippen LogP contribution in [-0.2, 0) is 4.79 Å². The van der Waals surface area contributed by atoms with Crippen LogP contribution in [0.1, 0.15) is 46.7 Å². The third-order valence-corrected chi connectivity index (χ3v) is 7.98. The normalized spacial score (nSPS) is 18.1. The number of nitrogens with one attached hydrogen (secondary N) is 1. The minimum atomic E-state index is -3.23. The first-order chi connectivity index (χ1) is 20.5. The highest BCUT2D eigenvalue weighted by Crippen LogP contribution is 2.47. The van der Waals surface area contributed by atoms with Crippen molar-refractivity contribution in [1.29, 1.82) is 0 Å². The number of nitrogens with zero attached hydrogens (tertiary/aromatic N) is 6. The molecule has 2 fully saturated rings. The van der Waals surface area contributed by atoms with Gasteiger partial charge in [-0.25, -0.2) is 14.4 Å². The molecule has 1 aromatic carbocycles. The Morgan fingerprint density at radius 1 is 1.19 bits per heavy atom. The highest BCUT2D eigenvalue weighted by Gasteiger charge is 2.53. The van der Waals surface area contributed by atoms with Crippen LogP contribution >= 0.6 is 11.6 Å². The molecule has 2 aliphatic rings. The lowest BCUT2D eigenvalue weighted by Crippen LogP contribution is -2.29. The van der Waals surface area contributed by atoms with Gasteiger partial charge < -0.3 is 10.1 Å². The Hall–Kier alpha value is -4.52. The van der Waals surface area contributed by atoms with E-state index in [0.717, 1.165) is 35.9 Å². The number of benzene rings is 1. The van der Waals surface area contributed by atoms with Gasteiger partial charge in [0.1, 0.15) is 17.3 Å². The van der Waals surface area contributed by atoms with E-state index in [1.165, 1.54) is 13.1 Å². The van der Waals surface area contributed by atoms with Crippen molar-refractivity contribution in [2.24, 2.45) is 11.8 Å². The maximum atomic E-state index is 14.9. The summed E-state index contributed by atoms with van der Waals surface area (Å²) in [4.78, 5) is 40.3. The number of anilines is 2. The van der Waals surface area contributed by atoms with Crippen molar-refractivity contribution >= 4 is 34.9 Å². The maximum Gasteiger partial charge on any atom is 0.387 e. The number of aryl methyl sites for hydroxylation is 2. The minimum absolute atomic E-state index is 0.138. The predicted octanol–water partition coefficient (Wildman–Crippen LogP) is 5.59. The Balaban J connectivity index is 1.20. The van der Waals surface area contributed by atoms with E-state index in [9.17, 15) is 22.8 Å². The summed E-state index contributed by atoms with van der Waals surface area (Å²) in [5.41, 5.74) is 1.49. The molecule has 1 saturated heterocycles. The maximum absolute atomic E-state index is 14.9. The number of rotatable bonds is 8. The van der Waals surface area contributed by atoms with E-state index in [-0.39, 0.29) is 40.0 Å². The van der Waals surface area contributed by atoms with Crippen molar-refractivity contribution in [3.63, 3.8) is 0 Å². The molecule has 1 N–H and O–H groups in total. The molecule has 3 aromatic heterocycles.